The van der Waals surface area contributed by atoms with Crippen LogP contribution in [0.4, 0.5) is 5.69 Å². The zero-order valence-corrected chi connectivity index (χ0v) is 19.3. The number of hydrogen-bond acceptors (Lipinski definition) is 4. The maximum absolute atomic E-state index is 13.0. The zero-order valence-electron chi connectivity index (χ0n) is 18.5. The summed E-state index contributed by atoms with van der Waals surface area (Å²) in [5.41, 5.74) is 2.54. The van der Waals surface area contributed by atoms with E-state index in [1.54, 1.807) is 55.5 Å². The van der Waals surface area contributed by atoms with Gasteiger partial charge < -0.3 is 10.1 Å². The highest BCUT2D eigenvalue weighted by Gasteiger charge is 2.23. The van der Waals surface area contributed by atoms with Gasteiger partial charge in [0.1, 0.15) is 5.75 Å². The first-order valence-corrected chi connectivity index (χ1v) is 11.9. The van der Waals surface area contributed by atoms with Crippen molar-refractivity contribution in [1.29, 1.82) is 0 Å². The van der Waals surface area contributed by atoms with Crippen molar-refractivity contribution in [2.24, 2.45) is 0 Å². The van der Waals surface area contributed by atoms with Crippen LogP contribution in [0.2, 0.25) is 0 Å². The van der Waals surface area contributed by atoms with E-state index >= 15 is 0 Å². The highest BCUT2D eigenvalue weighted by atomic mass is 32.2. The highest BCUT2D eigenvalue weighted by Crippen LogP contribution is 2.26. The summed E-state index contributed by atoms with van der Waals surface area (Å²) in [5, 5.41) is 2.90. The summed E-state index contributed by atoms with van der Waals surface area (Å²) in [7, 11) is -3.67. The second kappa shape index (κ2) is 10.3. The quantitative estimate of drug-likeness (QED) is 0.520. The Morgan fingerprint density at radius 3 is 2.19 bits per heavy atom. The molecular formula is C25H28N2O4S. The number of anilines is 1. The minimum Gasteiger partial charge on any atom is -0.484 e. The minimum atomic E-state index is -3.67. The number of sulfonamides is 1. The third-order valence-electron chi connectivity index (χ3n) is 5.07. The lowest BCUT2D eigenvalue weighted by Crippen LogP contribution is -2.31. The van der Waals surface area contributed by atoms with Gasteiger partial charge in [0.2, 0.25) is 0 Å². The number of ether oxygens (including phenoxy) is 1. The second-order valence-corrected chi connectivity index (χ2v) is 9.33. The first kappa shape index (κ1) is 23.3. The summed E-state index contributed by atoms with van der Waals surface area (Å²) in [4.78, 5) is 12.5. The Morgan fingerprint density at radius 1 is 0.969 bits per heavy atom. The van der Waals surface area contributed by atoms with E-state index in [9.17, 15) is 13.2 Å². The van der Waals surface area contributed by atoms with E-state index in [1.165, 1.54) is 4.31 Å². The Balaban J connectivity index is 1.62. The van der Waals surface area contributed by atoms with E-state index in [0.717, 1.165) is 11.1 Å². The number of amides is 1. The molecule has 32 heavy (non-hydrogen) atoms. The van der Waals surface area contributed by atoms with Crippen LogP contribution >= 0.6 is 0 Å². The molecule has 0 aliphatic heterocycles. The summed E-state index contributed by atoms with van der Waals surface area (Å²) >= 11 is 0. The molecule has 3 aromatic carbocycles. The number of carbonyl (C=O) groups excluding carboxylic acids is 1. The van der Waals surface area contributed by atoms with Crippen LogP contribution in [0.3, 0.4) is 0 Å². The average molecular weight is 453 g/mol. The first-order valence-electron chi connectivity index (χ1n) is 10.5. The molecule has 0 radical (unpaired) electrons. The fraction of sp³-hybridized carbons (Fsp3) is 0.240. The lowest BCUT2D eigenvalue weighted by atomic mass is 10.1. The molecule has 0 unspecified atom stereocenters. The number of nitrogens with zero attached hydrogens (tertiary/aromatic N) is 1. The average Bonchev–Trinajstić information content (AvgIpc) is 2.79. The molecule has 3 aromatic rings. The van der Waals surface area contributed by atoms with Gasteiger partial charge in [0.25, 0.3) is 15.9 Å². The summed E-state index contributed by atoms with van der Waals surface area (Å²) in [5.74, 6) is 0.252. The third kappa shape index (κ3) is 5.68. The third-order valence-corrected chi connectivity index (χ3v) is 6.99. The summed E-state index contributed by atoms with van der Waals surface area (Å²) < 4.78 is 33.0. The molecule has 6 nitrogen and oxygen atoms in total. The van der Waals surface area contributed by atoms with Gasteiger partial charge in [0, 0.05) is 6.54 Å². The highest BCUT2D eigenvalue weighted by molar-refractivity contribution is 7.92. The molecule has 1 amide bonds. The number of carbonyl (C=O) groups is 1. The molecule has 168 valence electrons. The molecule has 0 heterocycles. The number of hydrogen-bond donors (Lipinski definition) is 1. The predicted molar refractivity (Wildman–Crippen MR) is 126 cm³/mol. The predicted octanol–water partition coefficient (Wildman–Crippen LogP) is 4.47. The van der Waals surface area contributed by atoms with Crippen molar-refractivity contribution in [2.75, 3.05) is 17.5 Å². The SMILES string of the molecule is CCN(c1ccc(OCC(=O)N[C@H](C)c2ccccc2)cc1)S(=O)(=O)c1ccc(C)cc1. The van der Waals surface area contributed by atoms with E-state index in [1.807, 2.05) is 44.2 Å². The molecule has 0 spiro atoms. The molecule has 0 bridgehead atoms. The summed E-state index contributed by atoms with van der Waals surface area (Å²) in [6.07, 6.45) is 0. The maximum Gasteiger partial charge on any atom is 0.264 e. The summed E-state index contributed by atoms with van der Waals surface area (Å²) in [6.45, 7) is 5.77. The zero-order chi connectivity index (χ0) is 23.1. The molecule has 0 saturated carbocycles. The molecule has 0 saturated heterocycles. The second-order valence-electron chi connectivity index (χ2n) is 7.47. The lowest BCUT2D eigenvalue weighted by molar-refractivity contribution is -0.123. The van der Waals surface area contributed by atoms with Crippen molar-refractivity contribution in [3.8, 4) is 5.75 Å². The van der Waals surface area contributed by atoms with Crippen molar-refractivity contribution in [3.05, 3.63) is 90.0 Å². The summed E-state index contributed by atoms with van der Waals surface area (Å²) in [6, 6.07) is 23.0. The number of aryl methyl sites for hydroxylation is 1. The normalized spacial score (nSPS) is 12.1. The standard InChI is InChI=1S/C25H28N2O4S/c1-4-27(32(29,30)24-16-10-19(2)11-17-24)22-12-14-23(15-13-22)31-18-25(28)26-20(3)21-8-6-5-7-9-21/h5-17,20H,4,18H2,1-3H3,(H,26,28)/t20-/m1/s1. The van der Waals surface area contributed by atoms with Crippen LogP contribution < -0.4 is 14.4 Å². The van der Waals surface area contributed by atoms with Gasteiger partial charge in [-0.2, -0.15) is 0 Å². The Hall–Kier alpha value is -3.32. The molecule has 0 aromatic heterocycles. The molecule has 0 aliphatic rings. The molecule has 0 aliphatic carbocycles. The lowest BCUT2D eigenvalue weighted by Gasteiger charge is -2.23. The minimum absolute atomic E-state index is 0.125. The fourth-order valence-electron chi connectivity index (χ4n) is 3.29. The van der Waals surface area contributed by atoms with Gasteiger partial charge in [-0.15, -0.1) is 0 Å². The van der Waals surface area contributed by atoms with Crippen molar-refractivity contribution in [2.45, 2.75) is 31.7 Å². The van der Waals surface area contributed by atoms with Crippen LogP contribution in [0, 0.1) is 6.92 Å². The van der Waals surface area contributed by atoms with Crippen molar-refractivity contribution >= 4 is 21.6 Å². The van der Waals surface area contributed by atoms with Crippen LogP contribution in [-0.4, -0.2) is 27.5 Å². The van der Waals surface area contributed by atoms with Gasteiger partial charge in [0.15, 0.2) is 6.61 Å². The van der Waals surface area contributed by atoms with Gasteiger partial charge in [0.05, 0.1) is 16.6 Å². The van der Waals surface area contributed by atoms with E-state index in [4.69, 9.17) is 4.74 Å². The Morgan fingerprint density at radius 2 is 1.59 bits per heavy atom. The molecule has 3 rings (SSSR count). The van der Waals surface area contributed by atoms with Crippen LogP contribution in [-0.2, 0) is 14.8 Å². The van der Waals surface area contributed by atoms with Crippen molar-refractivity contribution < 1.29 is 17.9 Å². The van der Waals surface area contributed by atoms with E-state index in [2.05, 4.69) is 5.32 Å². The topological polar surface area (TPSA) is 75.7 Å². The van der Waals surface area contributed by atoms with Crippen LogP contribution in [0.15, 0.2) is 83.8 Å². The van der Waals surface area contributed by atoms with Crippen LogP contribution in [0.1, 0.15) is 31.0 Å². The number of nitrogens with one attached hydrogen (secondary N) is 1. The first-order chi connectivity index (χ1) is 15.3. The molecule has 0 fully saturated rings. The van der Waals surface area contributed by atoms with Gasteiger partial charge in [-0.05, 0) is 62.7 Å². The van der Waals surface area contributed by atoms with Crippen LogP contribution in [0.5, 0.6) is 5.75 Å². The smallest absolute Gasteiger partial charge is 0.264 e. The Kier molecular flexibility index (Phi) is 7.53. The molecule has 7 heteroatoms. The number of rotatable bonds is 9. The van der Waals surface area contributed by atoms with Crippen molar-refractivity contribution in [1.82, 2.24) is 5.32 Å². The van der Waals surface area contributed by atoms with Crippen LogP contribution in [0.25, 0.3) is 0 Å². The molecular weight excluding hydrogens is 424 g/mol. The largest absolute Gasteiger partial charge is 0.484 e. The van der Waals surface area contributed by atoms with Gasteiger partial charge in [-0.3, -0.25) is 9.10 Å². The Labute approximate surface area is 189 Å². The Bertz CT molecular complexity index is 1130. The van der Waals surface area contributed by atoms with E-state index in [-0.39, 0.29) is 30.0 Å². The van der Waals surface area contributed by atoms with E-state index < -0.39 is 10.0 Å². The fourth-order valence-corrected chi connectivity index (χ4v) is 4.77. The van der Waals surface area contributed by atoms with Gasteiger partial charge in [-0.25, -0.2) is 8.42 Å². The number of benzene rings is 3. The van der Waals surface area contributed by atoms with Gasteiger partial charge in [-0.1, -0.05) is 48.0 Å². The molecule has 1 N–H and O–H groups in total. The molecule has 1 atom stereocenters. The van der Waals surface area contributed by atoms with Gasteiger partial charge >= 0.3 is 0 Å². The maximum atomic E-state index is 13.0. The van der Waals surface area contributed by atoms with Crippen molar-refractivity contribution in [3.63, 3.8) is 0 Å². The monoisotopic (exact) mass is 452 g/mol. The van der Waals surface area contributed by atoms with E-state index in [0.29, 0.717) is 11.4 Å².